The summed E-state index contributed by atoms with van der Waals surface area (Å²) in [5.74, 6) is -0.846. The summed E-state index contributed by atoms with van der Waals surface area (Å²) in [4.78, 5) is 13.8. The van der Waals surface area contributed by atoms with Gasteiger partial charge in [0.2, 0.25) is 10.0 Å². The largest absolute Gasteiger partial charge is 0.504 e. The van der Waals surface area contributed by atoms with Crippen LogP contribution in [0.25, 0.3) is 6.08 Å². The molecule has 8 heteroatoms. The van der Waals surface area contributed by atoms with Crippen LogP contribution in [0.3, 0.4) is 0 Å². The Morgan fingerprint density at radius 2 is 1.70 bits per heavy atom. The first-order chi connectivity index (χ1) is 12.6. The summed E-state index contributed by atoms with van der Waals surface area (Å²) < 4.78 is 26.8. The van der Waals surface area contributed by atoms with E-state index in [0.29, 0.717) is 11.3 Å². The minimum absolute atomic E-state index is 0.121. The molecule has 0 aromatic heterocycles. The van der Waals surface area contributed by atoms with Crippen LogP contribution in [0.15, 0.2) is 53.4 Å². The molecule has 0 saturated heterocycles. The Hall–Kier alpha value is -2.84. The Bertz CT molecular complexity index is 951. The normalized spacial score (nSPS) is 11.9. The standard InChI is InChI=1S/C19H22N2O5S/c1-13(2)20-27(25,26)16-8-6-15(7-9-16)21(3)19(24)11-5-14-4-10-17(22)18(23)12-14/h4-13,20,22-23H,1-3H3/b11-5+. The lowest BCUT2D eigenvalue weighted by Gasteiger charge is -2.16. The van der Waals surface area contributed by atoms with Crippen molar-refractivity contribution in [3.8, 4) is 11.5 Å². The molecule has 2 rings (SSSR count). The van der Waals surface area contributed by atoms with E-state index >= 15 is 0 Å². The number of anilines is 1. The minimum Gasteiger partial charge on any atom is -0.504 e. The zero-order valence-corrected chi connectivity index (χ0v) is 16.1. The van der Waals surface area contributed by atoms with Crippen molar-refractivity contribution >= 4 is 27.7 Å². The van der Waals surface area contributed by atoms with Crippen LogP contribution in [0.5, 0.6) is 11.5 Å². The number of carbonyl (C=O) groups excluding carboxylic acids is 1. The monoisotopic (exact) mass is 390 g/mol. The number of aromatic hydroxyl groups is 2. The third-order valence-electron chi connectivity index (χ3n) is 3.67. The van der Waals surface area contributed by atoms with Gasteiger partial charge in [0.1, 0.15) is 0 Å². The Kier molecular flexibility index (Phi) is 6.24. The molecule has 0 radical (unpaired) electrons. The molecular weight excluding hydrogens is 368 g/mol. The van der Waals surface area contributed by atoms with Gasteiger partial charge in [0.25, 0.3) is 5.91 Å². The van der Waals surface area contributed by atoms with Crippen molar-refractivity contribution < 1.29 is 23.4 Å². The highest BCUT2D eigenvalue weighted by atomic mass is 32.2. The van der Waals surface area contributed by atoms with Crippen LogP contribution in [0.1, 0.15) is 19.4 Å². The molecule has 0 aliphatic carbocycles. The maximum atomic E-state index is 12.3. The summed E-state index contributed by atoms with van der Waals surface area (Å²) in [6, 6.07) is 9.97. The summed E-state index contributed by atoms with van der Waals surface area (Å²) in [5.41, 5.74) is 1.08. The van der Waals surface area contributed by atoms with Gasteiger partial charge >= 0.3 is 0 Å². The van der Waals surface area contributed by atoms with Crippen molar-refractivity contribution in [3.63, 3.8) is 0 Å². The quantitative estimate of drug-likeness (QED) is 0.519. The third kappa shape index (κ3) is 5.32. The number of sulfonamides is 1. The Labute approximate surface area is 158 Å². The second-order valence-corrected chi connectivity index (χ2v) is 7.96. The molecule has 0 heterocycles. The van der Waals surface area contributed by atoms with Gasteiger partial charge in [0.05, 0.1) is 4.90 Å². The Balaban J connectivity index is 2.12. The predicted molar refractivity (Wildman–Crippen MR) is 104 cm³/mol. The molecule has 27 heavy (non-hydrogen) atoms. The van der Waals surface area contributed by atoms with E-state index in [1.165, 1.54) is 41.3 Å². The Morgan fingerprint density at radius 1 is 1.07 bits per heavy atom. The zero-order valence-electron chi connectivity index (χ0n) is 15.2. The summed E-state index contributed by atoms with van der Waals surface area (Å²) in [5, 5.41) is 18.8. The second-order valence-electron chi connectivity index (χ2n) is 6.25. The number of phenols is 2. The molecule has 2 aromatic carbocycles. The summed E-state index contributed by atoms with van der Waals surface area (Å²) in [6.07, 6.45) is 2.82. The van der Waals surface area contributed by atoms with Crippen molar-refractivity contribution in [1.82, 2.24) is 4.72 Å². The number of hydrogen-bond acceptors (Lipinski definition) is 5. The van der Waals surface area contributed by atoms with Gasteiger partial charge in [-0.1, -0.05) is 6.07 Å². The van der Waals surface area contributed by atoms with Crippen molar-refractivity contribution in [2.45, 2.75) is 24.8 Å². The molecule has 1 amide bonds. The average Bonchev–Trinajstić information content (AvgIpc) is 2.61. The van der Waals surface area contributed by atoms with Crippen molar-refractivity contribution in [3.05, 3.63) is 54.1 Å². The number of phenolic OH excluding ortho intramolecular Hbond substituents is 2. The van der Waals surface area contributed by atoms with Gasteiger partial charge in [-0.25, -0.2) is 13.1 Å². The molecule has 0 saturated carbocycles. The second kappa shape index (κ2) is 8.24. The number of benzene rings is 2. The van der Waals surface area contributed by atoms with Crippen LogP contribution in [0.4, 0.5) is 5.69 Å². The number of carbonyl (C=O) groups is 1. The van der Waals surface area contributed by atoms with E-state index in [2.05, 4.69) is 4.72 Å². The van der Waals surface area contributed by atoms with Gasteiger partial charge in [-0.15, -0.1) is 0 Å². The van der Waals surface area contributed by atoms with Crippen LogP contribution >= 0.6 is 0 Å². The lowest BCUT2D eigenvalue weighted by molar-refractivity contribution is -0.113. The first-order valence-corrected chi connectivity index (χ1v) is 9.68. The lowest BCUT2D eigenvalue weighted by atomic mass is 10.2. The number of amides is 1. The molecule has 0 spiro atoms. The minimum atomic E-state index is -3.59. The van der Waals surface area contributed by atoms with Crippen LogP contribution in [-0.4, -0.2) is 37.6 Å². The van der Waals surface area contributed by atoms with E-state index < -0.39 is 10.0 Å². The molecule has 2 aromatic rings. The van der Waals surface area contributed by atoms with E-state index in [-0.39, 0.29) is 28.3 Å². The van der Waals surface area contributed by atoms with Crippen molar-refractivity contribution in [2.75, 3.05) is 11.9 Å². The maximum Gasteiger partial charge on any atom is 0.250 e. The smallest absolute Gasteiger partial charge is 0.250 e. The summed E-state index contributed by atoms with van der Waals surface area (Å²) in [6.45, 7) is 3.47. The lowest BCUT2D eigenvalue weighted by Crippen LogP contribution is -2.30. The molecule has 144 valence electrons. The van der Waals surface area contributed by atoms with E-state index in [0.717, 1.165) is 0 Å². The van der Waals surface area contributed by atoms with Gasteiger partial charge in [-0.3, -0.25) is 4.79 Å². The number of likely N-dealkylation sites (N-methyl/N-ethyl adjacent to an activating group) is 1. The van der Waals surface area contributed by atoms with E-state index in [4.69, 9.17) is 0 Å². The van der Waals surface area contributed by atoms with Gasteiger partial charge < -0.3 is 15.1 Å². The number of nitrogens with one attached hydrogen (secondary N) is 1. The fraction of sp³-hybridized carbons (Fsp3) is 0.211. The van der Waals surface area contributed by atoms with Crippen LogP contribution < -0.4 is 9.62 Å². The highest BCUT2D eigenvalue weighted by Gasteiger charge is 2.16. The first-order valence-electron chi connectivity index (χ1n) is 8.20. The molecule has 7 nitrogen and oxygen atoms in total. The summed E-state index contributed by atoms with van der Waals surface area (Å²) in [7, 11) is -2.02. The molecule has 0 fully saturated rings. The zero-order chi connectivity index (χ0) is 20.2. The maximum absolute atomic E-state index is 12.3. The Morgan fingerprint density at radius 3 is 2.26 bits per heavy atom. The van der Waals surface area contributed by atoms with E-state index in [1.807, 2.05) is 0 Å². The van der Waals surface area contributed by atoms with Gasteiger partial charge in [0, 0.05) is 24.9 Å². The van der Waals surface area contributed by atoms with Crippen molar-refractivity contribution in [2.24, 2.45) is 0 Å². The highest BCUT2D eigenvalue weighted by molar-refractivity contribution is 7.89. The SMILES string of the molecule is CC(C)NS(=O)(=O)c1ccc(N(C)C(=O)/C=C/c2ccc(O)c(O)c2)cc1. The fourth-order valence-corrected chi connectivity index (χ4v) is 3.53. The third-order valence-corrected chi connectivity index (χ3v) is 5.35. The number of hydrogen-bond donors (Lipinski definition) is 3. The summed E-state index contributed by atoms with van der Waals surface area (Å²) >= 11 is 0. The van der Waals surface area contributed by atoms with E-state index in [9.17, 15) is 23.4 Å². The van der Waals surface area contributed by atoms with Crippen LogP contribution in [0.2, 0.25) is 0 Å². The molecule has 0 bridgehead atoms. The molecule has 0 atom stereocenters. The van der Waals surface area contributed by atoms with Gasteiger partial charge in [-0.2, -0.15) is 0 Å². The highest BCUT2D eigenvalue weighted by Crippen LogP contribution is 2.25. The van der Waals surface area contributed by atoms with Crippen LogP contribution in [0, 0.1) is 0 Å². The molecule has 0 aliphatic rings. The van der Waals surface area contributed by atoms with Gasteiger partial charge in [0.15, 0.2) is 11.5 Å². The molecule has 0 aliphatic heterocycles. The molecular formula is C19H22N2O5S. The average molecular weight is 390 g/mol. The van der Waals surface area contributed by atoms with E-state index in [1.54, 1.807) is 39.1 Å². The van der Waals surface area contributed by atoms with Gasteiger partial charge in [-0.05, 0) is 61.9 Å². The number of rotatable bonds is 6. The van der Waals surface area contributed by atoms with Crippen LogP contribution in [-0.2, 0) is 14.8 Å². The molecule has 0 unspecified atom stereocenters. The predicted octanol–water partition coefficient (Wildman–Crippen LogP) is 2.46. The molecule has 3 N–H and O–H groups in total. The van der Waals surface area contributed by atoms with Crippen molar-refractivity contribution in [1.29, 1.82) is 0 Å². The topological polar surface area (TPSA) is 107 Å². The first kappa shape index (κ1) is 20.5. The number of nitrogens with zero attached hydrogens (tertiary/aromatic N) is 1. The fourth-order valence-electron chi connectivity index (χ4n) is 2.28.